The van der Waals surface area contributed by atoms with Gasteiger partial charge in [0.15, 0.2) is 11.5 Å². The molecule has 5 nitrogen and oxygen atoms in total. The molecule has 27 heavy (non-hydrogen) atoms. The van der Waals surface area contributed by atoms with Crippen LogP contribution in [0.3, 0.4) is 0 Å². The summed E-state index contributed by atoms with van der Waals surface area (Å²) in [6.45, 7) is 9.50. The summed E-state index contributed by atoms with van der Waals surface area (Å²) in [5.41, 5.74) is 2.77. The van der Waals surface area contributed by atoms with E-state index in [0.717, 1.165) is 11.1 Å². The zero-order chi connectivity index (χ0) is 19.2. The van der Waals surface area contributed by atoms with Gasteiger partial charge in [-0.05, 0) is 48.0 Å². The van der Waals surface area contributed by atoms with Crippen molar-refractivity contribution >= 4 is 17.0 Å². The van der Waals surface area contributed by atoms with Crippen LogP contribution in [0.25, 0.3) is 11.1 Å². The smallest absolute Gasteiger partial charge is 0.251 e. The zero-order valence-electron chi connectivity index (χ0n) is 15.1. The van der Waals surface area contributed by atoms with Gasteiger partial charge in [0, 0.05) is 19.0 Å². The van der Waals surface area contributed by atoms with Gasteiger partial charge in [0.25, 0.3) is 5.91 Å². The predicted molar refractivity (Wildman–Crippen MR) is 105 cm³/mol. The lowest BCUT2D eigenvalue weighted by Gasteiger charge is -2.09. The number of oxazole rings is 1. The quantitative estimate of drug-likeness (QED) is 0.490. The number of fused-ring (bicyclic) bond motifs is 1. The fraction of sp³-hybridized carbons (Fsp3) is 0.0909. The lowest BCUT2D eigenvalue weighted by molar-refractivity contribution is 0.0951. The highest BCUT2D eigenvalue weighted by Crippen LogP contribution is 2.18. The number of rotatable bonds is 7. The van der Waals surface area contributed by atoms with Crippen molar-refractivity contribution in [3.63, 3.8) is 0 Å². The van der Waals surface area contributed by atoms with Gasteiger partial charge in [0.1, 0.15) is 17.0 Å². The number of carbonyl (C=O) groups excluding carboxylic acids is 1. The molecule has 1 N–H and O–H groups in total. The third-order valence-corrected chi connectivity index (χ3v) is 3.83. The Bertz CT molecular complexity index is 1030. The van der Waals surface area contributed by atoms with E-state index in [0.29, 0.717) is 35.1 Å². The third kappa shape index (κ3) is 4.52. The molecule has 136 valence electrons. The second kappa shape index (κ2) is 8.19. The fourth-order valence-electron chi connectivity index (χ4n) is 2.58. The van der Waals surface area contributed by atoms with E-state index in [1.165, 1.54) is 0 Å². The van der Waals surface area contributed by atoms with Gasteiger partial charge in [-0.2, -0.15) is 0 Å². The molecule has 0 radical (unpaired) electrons. The van der Waals surface area contributed by atoms with Gasteiger partial charge in [-0.3, -0.25) is 4.79 Å². The highest BCUT2D eigenvalue weighted by Gasteiger charge is 2.09. The van der Waals surface area contributed by atoms with Crippen molar-refractivity contribution in [3.8, 4) is 5.75 Å². The lowest BCUT2D eigenvalue weighted by atomic mass is 10.1. The average Bonchev–Trinajstić information content (AvgIpc) is 3.05. The van der Waals surface area contributed by atoms with Gasteiger partial charge in [-0.25, -0.2) is 4.98 Å². The first kappa shape index (κ1) is 18.2. The summed E-state index contributed by atoms with van der Waals surface area (Å²) in [7, 11) is 0. The van der Waals surface area contributed by atoms with Crippen LogP contribution >= 0.6 is 0 Å². The van der Waals surface area contributed by atoms with Crippen molar-refractivity contribution in [3.05, 3.63) is 96.6 Å². The number of ether oxygens (including phenoxy) is 1. The predicted octanol–water partition coefficient (Wildman–Crippen LogP) is 4.70. The third-order valence-electron chi connectivity index (χ3n) is 3.83. The van der Waals surface area contributed by atoms with Crippen molar-refractivity contribution in [1.82, 2.24) is 10.3 Å². The minimum atomic E-state index is -0.185. The number of nitrogens with zero attached hydrogens (tertiary/aromatic N) is 1. The Morgan fingerprint density at radius 1 is 1.26 bits per heavy atom. The van der Waals surface area contributed by atoms with Crippen LogP contribution in [0.1, 0.15) is 21.8 Å². The van der Waals surface area contributed by atoms with Crippen molar-refractivity contribution < 1.29 is 13.9 Å². The van der Waals surface area contributed by atoms with Gasteiger partial charge in [0.2, 0.25) is 0 Å². The second-order valence-corrected chi connectivity index (χ2v) is 5.86. The Hall–Kier alpha value is -3.60. The number of nitrogens with one attached hydrogen (secondary N) is 1. The van der Waals surface area contributed by atoms with E-state index >= 15 is 0 Å². The summed E-state index contributed by atoms with van der Waals surface area (Å²) < 4.78 is 11.2. The number of hydrogen-bond acceptors (Lipinski definition) is 4. The Morgan fingerprint density at radius 2 is 2.11 bits per heavy atom. The molecule has 1 heterocycles. The molecule has 3 aromatic rings. The molecule has 0 fully saturated rings. The van der Waals surface area contributed by atoms with Crippen LogP contribution in [-0.4, -0.2) is 10.9 Å². The number of hydrogen-bond donors (Lipinski definition) is 1. The van der Waals surface area contributed by atoms with Crippen LogP contribution in [0, 0.1) is 6.92 Å². The molecule has 0 aliphatic carbocycles. The maximum Gasteiger partial charge on any atom is 0.251 e. The first-order valence-corrected chi connectivity index (χ1v) is 8.46. The number of aromatic nitrogens is 1. The molecule has 0 saturated carbocycles. The number of aryl methyl sites for hydroxylation is 1. The number of carbonyl (C=O) groups is 1. The summed E-state index contributed by atoms with van der Waals surface area (Å²) in [4.78, 5) is 16.7. The first-order chi connectivity index (χ1) is 13.1. The summed E-state index contributed by atoms with van der Waals surface area (Å²) in [5, 5.41) is 2.90. The molecule has 0 aliphatic heterocycles. The van der Waals surface area contributed by atoms with E-state index in [9.17, 15) is 4.79 Å². The molecule has 0 saturated heterocycles. The molecule has 3 rings (SSSR count). The highest BCUT2D eigenvalue weighted by molar-refractivity contribution is 5.96. The first-order valence-electron chi connectivity index (χ1n) is 8.46. The average molecular weight is 360 g/mol. The largest absolute Gasteiger partial charge is 0.457 e. The summed E-state index contributed by atoms with van der Waals surface area (Å²) in [5.74, 6) is 1.65. The molecule has 0 aliphatic rings. The molecule has 0 spiro atoms. The van der Waals surface area contributed by atoms with Gasteiger partial charge in [0.05, 0.1) is 0 Å². The van der Waals surface area contributed by atoms with Crippen LogP contribution in [0.5, 0.6) is 5.75 Å². The standard InChI is InChI=1S/C22H20N2O3/c1-4-7-18(5-2)27-19-9-6-8-16(12-19)14-23-22(25)17-10-11-20-21(13-17)26-15(3)24-20/h4-13H,1-2,14H2,3H3,(H,23,25)/b18-7+. The molecular formula is C22H20N2O3. The molecule has 1 amide bonds. The van der Waals surface area contributed by atoms with Crippen molar-refractivity contribution in [2.24, 2.45) is 0 Å². The van der Waals surface area contributed by atoms with Crippen LogP contribution in [-0.2, 0) is 6.54 Å². The molecule has 0 atom stereocenters. The Balaban J connectivity index is 1.67. The minimum Gasteiger partial charge on any atom is -0.457 e. The maximum absolute atomic E-state index is 12.4. The van der Waals surface area contributed by atoms with Crippen LogP contribution in [0.15, 0.2) is 84.0 Å². The van der Waals surface area contributed by atoms with E-state index in [1.807, 2.05) is 24.3 Å². The summed E-state index contributed by atoms with van der Waals surface area (Å²) in [6.07, 6.45) is 4.97. The second-order valence-electron chi connectivity index (χ2n) is 5.86. The zero-order valence-corrected chi connectivity index (χ0v) is 15.1. The van der Waals surface area contributed by atoms with Crippen LogP contribution in [0.2, 0.25) is 0 Å². The Morgan fingerprint density at radius 3 is 2.89 bits per heavy atom. The number of amides is 1. The van der Waals surface area contributed by atoms with E-state index in [-0.39, 0.29) is 5.91 Å². The fourth-order valence-corrected chi connectivity index (χ4v) is 2.58. The molecule has 0 unspecified atom stereocenters. The topological polar surface area (TPSA) is 64.4 Å². The van der Waals surface area contributed by atoms with Gasteiger partial charge in [-0.15, -0.1) is 0 Å². The molecule has 2 aromatic carbocycles. The van der Waals surface area contributed by atoms with E-state index in [4.69, 9.17) is 9.15 Å². The normalized spacial score (nSPS) is 11.2. The van der Waals surface area contributed by atoms with Gasteiger partial charge >= 0.3 is 0 Å². The van der Waals surface area contributed by atoms with Crippen molar-refractivity contribution in [1.29, 1.82) is 0 Å². The maximum atomic E-state index is 12.4. The van der Waals surface area contributed by atoms with E-state index < -0.39 is 0 Å². The van der Waals surface area contributed by atoms with Gasteiger partial charge in [-0.1, -0.05) is 31.4 Å². The number of benzene rings is 2. The lowest BCUT2D eigenvalue weighted by Crippen LogP contribution is -2.22. The van der Waals surface area contributed by atoms with Crippen LogP contribution in [0.4, 0.5) is 0 Å². The number of allylic oxidation sites excluding steroid dienone is 3. The Labute approximate surface area is 157 Å². The minimum absolute atomic E-state index is 0.185. The molecule has 1 aromatic heterocycles. The monoisotopic (exact) mass is 360 g/mol. The van der Waals surface area contributed by atoms with Crippen molar-refractivity contribution in [2.75, 3.05) is 0 Å². The highest BCUT2D eigenvalue weighted by atomic mass is 16.5. The Kier molecular flexibility index (Phi) is 5.52. The van der Waals surface area contributed by atoms with Crippen molar-refractivity contribution in [2.45, 2.75) is 13.5 Å². The molecule has 5 heteroatoms. The summed E-state index contributed by atoms with van der Waals surface area (Å²) in [6, 6.07) is 12.7. The summed E-state index contributed by atoms with van der Waals surface area (Å²) >= 11 is 0. The molecular weight excluding hydrogens is 340 g/mol. The van der Waals surface area contributed by atoms with E-state index in [1.54, 1.807) is 43.4 Å². The van der Waals surface area contributed by atoms with Crippen LogP contribution < -0.4 is 10.1 Å². The molecule has 0 bridgehead atoms. The SMILES string of the molecule is C=C/C=C(\C=C)Oc1cccc(CNC(=O)c2ccc3nc(C)oc3c2)c1. The van der Waals surface area contributed by atoms with E-state index in [2.05, 4.69) is 23.5 Å². The van der Waals surface area contributed by atoms with Gasteiger partial charge < -0.3 is 14.5 Å².